The van der Waals surface area contributed by atoms with Gasteiger partial charge >= 0.3 is 5.97 Å². The molecule has 14 heteroatoms. The third-order valence-corrected chi connectivity index (χ3v) is 9.37. The molecule has 0 radical (unpaired) electrons. The highest BCUT2D eigenvalue weighted by Gasteiger charge is 2.39. The lowest BCUT2D eigenvalue weighted by Crippen LogP contribution is -2.60. The monoisotopic (exact) mass is 779 g/mol. The van der Waals surface area contributed by atoms with Crippen molar-refractivity contribution in [3.05, 3.63) is 71.8 Å². The molecule has 2 aromatic rings. The number of rotatable bonds is 22. The lowest BCUT2D eigenvalue weighted by atomic mass is 9.90. The molecule has 1 aliphatic rings. The van der Waals surface area contributed by atoms with E-state index in [1.165, 1.54) is 6.92 Å². The van der Waals surface area contributed by atoms with Gasteiger partial charge in [-0.05, 0) is 55.6 Å². The molecule has 0 bridgehead atoms. The van der Waals surface area contributed by atoms with Crippen LogP contribution in [0.25, 0.3) is 0 Å². The van der Waals surface area contributed by atoms with Crippen molar-refractivity contribution in [3.8, 4) is 0 Å². The van der Waals surface area contributed by atoms with Crippen molar-refractivity contribution in [2.45, 2.75) is 103 Å². The molecule has 308 valence electrons. The molecular weight excluding hydrogens is 718 g/mol. The Morgan fingerprint density at radius 3 is 1.80 bits per heavy atom. The molecule has 3 rings (SSSR count). The molecule has 0 saturated carbocycles. The Kier molecular flexibility index (Phi) is 18.6. The van der Waals surface area contributed by atoms with E-state index >= 15 is 0 Å². The average molecular weight is 780 g/mol. The summed E-state index contributed by atoms with van der Waals surface area (Å²) in [4.78, 5) is 82.4. The largest absolute Gasteiger partial charge is 0.462 e. The predicted molar refractivity (Wildman–Crippen MR) is 211 cm³/mol. The van der Waals surface area contributed by atoms with E-state index in [4.69, 9.17) is 9.47 Å². The number of hydrogen-bond acceptors (Lipinski definition) is 10. The standard InChI is InChI=1S/C42H61N5O9/c1-28(2)23-34(38(50)42(6,54)27-56-30(5)48)44-41(53)36(25-32-15-11-8-12-16-32)46-40(52)35(24-29(3)4)45-39(51)33(18-17-31-13-9-7-10-14-31)43-37(49)26-47-19-21-55-22-20-47/h7-16,28-29,33-36,54H,17-27H2,1-6H3,(H,43,49)(H,44,53)(H,45,51)(H,46,52)/t33-,34+,35-,36-,42+/m0/s1. The van der Waals surface area contributed by atoms with Crippen LogP contribution in [0.4, 0.5) is 0 Å². The minimum atomic E-state index is -2.09. The number of ether oxygens (including phenoxy) is 2. The summed E-state index contributed by atoms with van der Waals surface area (Å²) >= 11 is 0. The summed E-state index contributed by atoms with van der Waals surface area (Å²) in [5, 5.41) is 22.3. The van der Waals surface area contributed by atoms with E-state index < -0.39 is 65.8 Å². The van der Waals surface area contributed by atoms with Crippen LogP contribution in [0.5, 0.6) is 0 Å². The zero-order chi connectivity index (χ0) is 41.3. The summed E-state index contributed by atoms with van der Waals surface area (Å²) in [5.74, 6) is -3.67. The van der Waals surface area contributed by atoms with Crippen molar-refractivity contribution in [2.75, 3.05) is 39.5 Å². The maximum absolute atomic E-state index is 14.1. The van der Waals surface area contributed by atoms with Gasteiger partial charge in [-0.3, -0.25) is 33.7 Å². The maximum atomic E-state index is 14.1. The molecule has 0 aliphatic carbocycles. The number of nitrogens with zero attached hydrogens (tertiary/aromatic N) is 1. The quantitative estimate of drug-likeness (QED) is 0.111. The van der Waals surface area contributed by atoms with Gasteiger partial charge in [0, 0.05) is 26.4 Å². The van der Waals surface area contributed by atoms with Crippen molar-refractivity contribution >= 4 is 35.4 Å². The Labute approximate surface area is 330 Å². The van der Waals surface area contributed by atoms with Crippen LogP contribution in [-0.2, 0) is 51.1 Å². The Balaban J connectivity index is 1.85. The van der Waals surface area contributed by atoms with E-state index in [0.29, 0.717) is 32.7 Å². The summed E-state index contributed by atoms with van der Waals surface area (Å²) in [5.41, 5.74) is -0.367. The number of carbonyl (C=O) groups excluding carboxylic acids is 6. The number of hydrogen-bond donors (Lipinski definition) is 5. The summed E-state index contributed by atoms with van der Waals surface area (Å²) in [6.07, 6.45) is 1.25. The van der Waals surface area contributed by atoms with Crippen LogP contribution < -0.4 is 21.3 Å². The van der Waals surface area contributed by atoms with E-state index in [2.05, 4.69) is 21.3 Å². The fourth-order valence-electron chi connectivity index (χ4n) is 6.40. The second kappa shape index (κ2) is 22.8. The number of ketones is 1. The molecule has 14 nitrogen and oxygen atoms in total. The Morgan fingerprint density at radius 1 is 0.732 bits per heavy atom. The maximum Gasteiger partial charge on any atom is 0.302 e. The molecule has 1 fully saturated rings. The molecule has 5 N–H and O–H groups in total. The first kappa shape index (κ1) is 45.7. The average Bonchev–Trinajstić information content (AvgIpc) is 3.15. The van der Waals surface area contributed by atoms with Crippen molar-refractivity contribution in [2.24, 2.45) is 11.8 Å². The highest BCUT2D eigenvalue weighted by atomic mass is 16.5. The van der Waals surface area contributed by atoms with Crippen molar-refractivity contribution < 1.29 is 43.3 Å². The van der Waals surface area contributed by atoms with Gasteiger partial charge in [0.2, 0.25) is 23.6 Å². The SMILES string of the molecule is CC(=O)OC[C@@](C)(O)C(=O)[C@@H](CC(C)C)NC(=O)[C@H](Cc1ccccc1)NC(=O)[C@H](CC(C)C)NC(=O)[C@H](CCc1ccccc1)NC(=O)CN1CCOCC1. The fraction of sp³-hybridized carbons (Fsp3) is 0.571. The number of aliphatic hydroxyl groups is 1. The number of benzene rings is 2. The van der Waals surface area contributed by atoms with Crippen molar-refractivity contribution in [1.29, 1.82) is 0 Å². The highest BCUT2D eigenvalue weighted by molar-refractivity contribution is 5.98. The third-order valence-electron chi connectivity index (χ3n) is 9.37. The summed E-state index contributed by atoms with van der Waals surface area (Å²) in [6, 6.07) is 14.3. The number of morpholine rings is 1. The molecule has 56 heavy (non-hydrogen) atoms. The van der Waals surface area contributed by atoms with Crippen LogP contribution in [0.2, 0.25) is 0 Å². The Morgan fingerprint density at radius 2 is 1.23 bits per heavy atom. The van der Waals surface area contributed by atoms with Crippen LogP contribution in [0.1, 0.15) is 71.9 Å². The van der Waals surface area contributed by atoms with Crippen LogP contribution in [0.3, 0.4) is 0 Å². The first-order chi connectivity index (χ1) is 26.5. The van der Waals surface area contributed by atoms with Gasteiger partial charge in [0.05, 0.1) is 25.8 Å². The van der Waals surface area contributed by atoms with Crippen molar-refractivity contribution in [1.82, 2.24) is 26.2 Å². The zero-order valence-electron chi connectivity index (χ0n) is 33.7. The van der Waals surface area contributed by atoms with E-state index in [9.17, 15) is 33.9 Å². The first-order valence-electron chi connectivity index (χ1n) is 19.5. The van der Waals surface area contributed by atoms with Gasteiger partial charge in [-0.1, -0.05) is 88.4 Å². The number of carbonyl (C=O) groups is 6. The minimum Gasteiger partial charge on any atom is -0.462 e. The highest BCUT2D eigenvalue weighted by Crippen LogP contribution is 2.17. The van der Waals surface area contributed by atoms with E-state index in [1.807, 2.05) is 69.0 Å². The van der Waals surface area contributed by atoms with Crippen LogP contribution >= 0.6 is 0 Å². The van der Waals surface area contributed by atoms with Gasteiger partial charge in [0.15, 0.2) is 11.4 Å². The number of Topliss-reactive ketones (excluding diaryl/α,β-unsaturated/α-hetero) is 1. The van der Waals surface area contributed by atoms with Gasteiger partial charge in [0.1, 0.15) is 24.7 Å². The molecule has 1 aliphatic heterocycles. The molecule has 4 amide bonds. The van der Waals surface area contributed by atoms with Gasteiger partial charge in [0.25, 0.3) is 0 Å². The Hall–Kier alpha value is -4.66. The molecule has 0 unspecified atom stereocenters. The normalized spacial score (nSPS) is 16.4. The lowest BCUT2D eigenvalue weighted by Gasteiger charge is -2.30. The second-order valence-electron chi connectivity index (χ2n) is 15.6. The van der Waals surface area contributed by atoms with Gasteiger partial charge < -0.3 is 35.8 Å². The van der Waals surface area contributed by atoms with Crippen LogP contribution in [-0.4, -0.2) is 115 Å². The predicted octanol–water partition coefficient (Wildman–Crippen LogP) is 2.11. The van der Waals surface area contributed by atoms with E-state index in [1.54, 1.807) is 24.3 Å². The third kappa shape index (κ3) is 16.2. The van der Waals surface area contributed by atoms with Crippen molar-refractivity contribution in [3.63, 3.8) is 0 Å². The molecule has 0 spiro atoms. The number of esters is 1. The second-order valence-corrected chi connectivity index (χ2v) is 15.6. The zero-order valence-corrected chi connectivity index (χ0v) is 33.7. The van der Waals surface area contributed by atoms with Gasteiger partial charge in [-0.15, -0.1) is 0 Å². The molecular formula is C42H61N5O9. The number of nitrogens with one attached hydrogen (secondary N) is 4. The first-order valence-corrected chi connectivity index (χ1v) is 19.5. The number of amides is 4. The Bertz CT molecular complexity index is 1580. The fourth-order valence-corrected chi connectivity index (χ4v) is 6.40. The summed E-state index contributed by atoms with van der Waals surface area (Å²) < 4.78 is 10.3. The van der Waals surface area contributed by atoms with Crippen LogP contribution in [0, 0.1) is 11.8 Å². The smallest absolute Gasteiger partial charge is 0.302 e. The molecule has 5 atom stereocenters. The van der Waals surface area contributed by atoms with E-state index in [0.717, 1.165) is 18.1 Å². The van der Waals surface area contributed by atoms with E-state index in [-0.39, 0.29) is 50.0 Å². The minimum absolute atomic E-state index is 0.0429. The lowest BCUT2D eigenvalue weighted by molar-refractivity contribution is -0.156. The summed E-state index contributed by atoms with van der Waals surface area (Å²) in [6.45, 7) is 11.6. The van der Waals surface area contributed by atoms with Gasteiger partial charge in [-0.2, -0.15) is 0 Å². The van der Waals surface area contributed by atoms with Crippen LogP contribution in [0.15, 0.2) is 60.7 Å². The molecule has 1 heterocycles. The topological polar surface area (TPSA) is 192 Å². The van der Waals surface area contributed by atoms with Gasteiger partial charge in [-0.25, -0.2) is 0 Å². The molecule has 1 saturated heterocycles. The summed E-state index contributed by atoms with van der Waals surface area (Å²) in [7, 11) is 0. The molecule has 2 aromatic carbocycles. The number of aryl methyl sites for hydroxylation is 1. The molecule has 0 aromatic heterocycles.